The van der Waals surface area contributed by atoms with E-state index in [4.69, 9.17) is 16.6 Å². The number of piperidine rings is 1. The van der Waals surface area contributed by atoms with Crippen molar-refractivity contribution >= 4 is 17.5 Å². The van der Waals surface area contributed by atoms with Crippen molar-refractivity contribution < 1.29 is 4.79 Å². The first-order chi connectivity index (χ1) is 13.7. The lowest BCUT2D eigenvalue weighted by Gasteiger charge is -2.32. The van der Waals surface area contributed by atoms with Crippen molar-refractivity contribution in [3.63, 3.8) is 0 Å². The summed E-state index contributed by atoms with van der Waals surface area (Å²) in [5.41, 5.74) is 3.92. The molecule has 0 N–H and O–H groups in total. The van der Waals surface area contributed by atoms with E-state index in [0.29, 0.717) is 18.0 Å². The van der Waals surface area contributed by atoms with Gasteiger partial charge in [0.1, 0.15) is 0 Å². The summed E-state index contributed by atoms with van der Waals surface area (Å²) in [6.45, 7) is 1.52. The highest BCUT2D eigenvalue weighted by atomic mass is 35.5. The van der Waals surface area contributed by atoms with E-state index in [9.17, 15) is 4.79 Å². The van der Waals surface area contributed by atoms with Gasteiger partial charge in [-0.15, -0.1) is 0 Å². The molecule has 1 amide bonds. The first-order valence-corrected chi connectivity index (χ1v) is 9.96. The van der Waals surface area contributed by atoms with Gasteiger partial charge in [0.15, 0.2) is 0 Å². The number of benzene rings is 1. The normalized spacial score (nSPS) is 16.8. The van der Waals surface area contributed by atoms with E-state index in [1.54, 1.807) is 12.4 Å². The number of hydrogen-bond acceptors (Lipinski definition) is 3. The third-order valence-electron chi connectivity index (χ3n) is 5.16. The van der Waals surface area contributed by atoms with Gasteiger partial charge in [-0.3, -0.25) is 14.8 Å². The van der Waals surface area contributed by atoms with Gasteiger partial charge in [0.25, 0.3) is 0 Å². The third-order valence-corrected chi connectivity index (χ3v) is 5.40. The summed E-state index contributed by atoms with van der Waals surface area (Å²) in [6.07, 6.45) is 5.92. The summed E-state index contributed by atoms with van der Waals surface area (Å²) in [5, 5.41) is 0.703. The molecule has 0 bridgehead atoms. The molecule has 4 rings (SSSR count). The quantitative estimate of drug-likeness (QED) is 0.645. The van der Waals surface area contributed by atoms with E-state index in [1.807, 2.05) is 53.4 Å². The fourth-order valence-corrected chi connectivity index (χ4v) is 3.91. The zero-order chi connectivity index (χ0) is 19.3. The number of halogens is 1. The number of carbonyl (C=O) groups excluding carboxylic acids is 1. The van der Waals surface area contributed by atoms with Gasteiger partial charge >= 0.3 is 0 Å². The lowest BCUT2D eigenvalue weighted by molar-refractivity contribution is -0.131. The van der Waals surface area contributed by atoms with Crippen LogP contribution in [0.15, 0.2) is 67.0 Å². The highest BCUT2D eigenvalue weighted by molar-refractivity contribution is 6.30. The molecule has 0 saturated carbocycles. The Bertz CT molecular complexity index is 961. The number of nitrogens with zero attached hydrogens (tertiary/aromatic N) is 3. The summed E-state index contributed by atoms with van der Waals surface area (Å²) < 4.78 is 0. The van der Waals surface area contributed by atoms with Crippen molar-refractivity contribution in [3.8, 4) is 11.3 Å². The second-order valence-corrected chi connectivity index (χ2v) is 7.61. The Morgan fingerprint density at radius 3 is 2.86 bits per heavy atom. The summed E-state index contributed by atoms with van der Waals surface area (Å²) in [6, 6.07) is 17.7. The number of amides is 1. The van der Waals surface area contributed by atoms with Crippen molar-refractivity contribution in [2.75, 3.05) is 13.1 Å². The monoisotopic (exact) mass is 391 g/mol. The molecular formula is C23H22ClN3O. The van der Waals surface area contributed by atoms with E-state index in [2.05, 4.69) is 11.1 Å². The van der Waals surface area contributed by atoms with Gasteiger partial charge in [0.2, 0.25) is 5.91 Å². The predicted octanol–water partition coefficient (Wildman–Crippen LogP) is 4.75. The van der Waals surface area contributed by atoms with Crippen LogP contribution in [-0.2, 0) is 11.2 Å². The molecule has 142 valence electrons. The van der Waals surface area contributed by atoms with Gasteiger partial charge in [0, 0.05) is 47.7 Å². The molecule has 3 heterocycles. The Morgan fingerprint density at radius 1 is 1.14 bits per heavy atom. The lowest BCUT2D eigenvalue weighted by atomic mass is 9.93. The average molecular weight is 392 g/mol. The van der Waals surface area contributed by atoms with E-state index in [1.165, 1.54) is 0 Å². The topological polar surface area (TPSA) is 46.1 Å². The van der Waals surface area contributed by atoms with Crippen LogP contribution in [0.3, 0.4) is 0 Å². The molecule has 1 aliphatic rings. The van der Waals surface area contributed by atoms with E-state index in [0.717, 1.165) is 41.9 Å². The Morgan fingerprint density at radius 2 is 2.04 bits per heavy atom. The summed E-state index contributed by atoms with van der Waals surface area (Å²) in [4.78, 5) is 23.7. The lowest BCUT2D eigenvalue weighted by Crippen LogP contribution is -2.40. The third kappa shape index (κ3) is 4.39. The zero-order valence-electron chi connectivity index (χ0n) is 15.6. The van der Waals surface area contributed by atoms with Crippen LogP contribution in [0.1, 0.15) is 30.0 Å². The minimum Gasteiger partial charge on any atom is -0.342 e. The number of pyridine rings is 2. The van der Waals surface area contributed by atoms with Crippen LogP contribution in [0.25, 0.3) is 11.3 Å². The molecule has 1 saturated heterocycles. The van der Waals surface area contributed by atoms with Crippen molar-refractivity contribution in [2.45, 2.75) is 25.2 Å². The van der Waals surface area contributed by atoms with Gasteiger partial charge in [-0.25, -0.2) is 0 Å². The minimum atomic E-state index is 0.156. The molecule has 0 aliphatic carbocycles. The molecule has 5 heteroatoms. The van der Waals surface area contributed by atoms with Crippen LogP contribution in [0.4, 0.5) is 0 Å². The molecule has 0 unspecified atom stereocenters. The SMILES string of the molecule is O=C(Cc1cccnc1)N1CCC[C@H](c2cccc(-c3cccc(Cl)c3)n2)C1. The molecule has 0 spiro atoms. The van der Waals surface area contributed by atoms with Gasteiger partial charge < -0.3 is 4.90 Å². The molecule has 1 atom stereocenters. The fraction of sp³-hybridized carbons (Fsp3) is 0.261. The standard InChI is InChI=1S/C23H22ClN3O/c24-20-8-1-6-18(14-20)21-9-2-10-22(26-21)19-7-4-12-27(16-19)23(28)13-17-5-3-11-25-15-17/h1-3,5-6,8-11,14-15,19H,4,7,12-13,16H2/t19-/m0/s1. The minimum absolute atomic E-state index is 0.156. The number of likely N-dealkylation sites (tertiary alicyclic amines) is 1. The highest BCUT2D eigenvalue weighted by Gasteiger charge is 2.25. The average Bonchev–Trinajstić information content (AvgIpc) is 2.75. The molecular weight excluding hydrogens is 370 g/mol. The second kappa shape index (κ2) is 8.53. The van der Waals surface area contributed by atoms with Crippen LogP contribution in [0.5, 0.6) is 0 Å². The van der Waals surface area contributed by atoms with Crippen LogP contribution >= 0.6 is 11.6 Å². The maximum absolute atomic E-state index is 12.7. The van der Waals surface area contributed by atoms with Crippen LogP contribution in [0.2, 0.25) is 5.02 Å². The largest absolute Gasteiger partial charge is 0.342 e. The molecule has 3 aromatic rings. The first-order valence-electron chi connectivity index (χ1n) is 9.58. The fourth-order valence-electron chi connectivity index (χ4n) is 3.72. The molecule has 28 heavy (non-hydrogen) atoms. The van der Waals surface area contributed by atoms with Crippen molar-refractivity contribution in [3.05, 3.63) is 83.3 Å². The Balaban J connectivity index is 1.49. The van der Waals surface area contributed by atoms with Crippen LogP contribution in [0, 0.1) is 0 Å². The number of hydrogen-bond donors (Lipinski definition) is 0. The summed E-state index contributed by atoms with van der Waals surface area (Å²) in [7, 11) is 0. The summed E-state index contributed by atoms with van der Waals surface area (Å²) >= 11 is 6.13. The maximum atomic E-state index is 12.7. The molecule has 2 aromatic heterocycles. The van der Waals surface area contributed by atoms with Crippen LogP contribution < -0.4 is 0 Å². The Kier molecular flexibility index (Phi) is 5.68. The smallest absolute Gasteiger partial charge is 0.227 e. The van der Waals surface area contributed by atoms with Crippen molar-refractivity contribution in [1.82, 2.24) is 14.9 Å². The second-order valence-electron chi connectivity index (χ2n) is 7.17. The van der Waals surface area contributed by atoms with E-state index < -0.39 is 0 Å². The van der Waals surface area contributed by atoms with E-state index in [-0.39, 0.29) is 11.8 Å². The molecule has 0 radical (unpaired) electrons. The van der Waals surface area contributed by atoms with Gasteiger partial charge in [-0.05, 0) is 48.7 Å². The highest BCUT2D eigenvalue weighted by Crippen LogP contribution is 2.28. The Hall–Kier alpha value is -2.72. The molecule has 4 nitrogen and oxygen atoms in total. The molecule has 1 fully saturated rings. The maximum Gasteiger partial charge on any atom is 0.227 e. The zero-order valence-corrected chi connectivity index (χ0v) is 16.3. The van der Waals surface area contributed by atoms with Crippen molar-refractivity contribution in [2.24, 2.45) is 0 Å². The van der Waals surface area contributed by atoms with Gasteiger partial charge in [0.05, 0.1) is 12.1 Å². The first kappa shape index (κ1) is 18.6. The van der Waals surface area contributed by atoms with Crippen LogP contribution in [-0.4, -0.2) is 33.9 Å². The summed E-state index contributed by atoms with van der Waals surface area (Å²) in [5.74, 6) is 0.412. The number of carbonyl (C=O) groups is 1. The van der Waals surface area contributed by atoms with Gasteiger partial charge in [-0.2, -0.15) is 0 Å². The van der Waals surface area contributed by atoms with Gasteiger partial charge in [-0.1, -0.05) is 35.9 Å². The van der Waals surface area contributed by atoms with Crippen molar-refractivity contribution in [1.29, 1.82) is 0 Å². The van der Waals surface area contributed by atoms with E-state index >= 15 is 0 Å². The molecule has 1 aromatic carbocycles. The number of aromatic nitrogens is 2. The molecule has 1 aliphatic heterocycles. The Labute approximate surface area is 170 Å². The number of rotatable bonds is 4. The predicted molar refractivity (Wildman–Crippen MR) is 111 cm³/mol.